The molecule has 0 heterocycles. The summed E-state index contributed by atoms with van der Waals surface area (Å²) in [5.41, 5.74) is 2.83. The molecule has 0 aromatic heterocycles. The molecule has 0 spiro atoms. The molecule has 2 rings (SSSR count). The maximum Gasteiger partial charge on any atom is 0.131 e. The molecule has 18 heavy (non-hydrogen) atoms. The molecule has 3 heteroatoms. The Hall–Kier alpha value is -1.38. The molecular weight excluding hydrogens is 249 g/mol. The summed E-state index contributed by atoms with van der Waals surface area (Å²) in [7, 11) is 1.93. The third kappa shape index (κ3) is 3.56. The fourth-order valence-electron chi connectivity index (χ4n) is 1.86. The lowest BCUT2D eigenvalue weighted by atomic mass is 10.0. The predicted molar refractivity (Wildman–Crippen MR) is 76.7 cm³/mol. The van der Waals surface area contributed by atoms with E-state index < -0.39 is 0 Å². The highest BCUT2D eigenvalue weighted by Crippen LogP contribution is 2.23. The Bertz CT molecular complexity index is 499. The van der Waals surface area contributed by atoms with Gasteiger partial charge in [0.05, 0.1) is 0 Å². The molecule has 0 unspecified atom stereocenters. The SMILES string of the molecule is CNCCc1cccc(-c2ccccc2F)c1.Cl. The summed E-state index contributed by atoms with van der Waals surface area (Å²) < 4.78 is 13.6. The summed E-state index contributed by atoms with van der Waals surface area (Å²) >= 11 is 0. The average Bonchev–Trinajstić information content (AvgIpc) is 2.37. The summed E-state index contributed by atoms with van der Waals surface area (Å²) in [4.78, 5) is 0. The number of likely N-dealkylation sites (N-methyl/N-ethyl adjacent to an activating group) is 1. The van der Waals surface area contributed by atoms with Crippen LogP contribution >= 0.6 is 12.4 Å². The van der Waals surface area contributed by atoms with Crippen molar-refractivity contribution in [3.8, 4) is 11.1 Å². The highest BCUT2D eigenvalue weighted by atomic mass is 35.5. The van der Waals surface area contributed by atoms with Crippen molar-refractivity contribution >= 4 is 12.4 Å². The first-order valence-corrected chi connectivity index (χ1v) is 5.79. The van der Waals surface area contributed by atoms with Gasteiger partial charge in [0.25, 0.3) is 0 Å². The van der Waals surface area contributed by atoms with Crippen LogP contribution in [0.4, 0.5) is 4.39 Å². The van der Waals surface area contributed by atoms with Crippen molar-refractivity contribution in [3.05, 3.63) is 59.9 Å². The molecule has 0 saturated carbocycles. The highest BCUT2D eigenvalue weighted by molar-refractivity contribution is 5.85. The Morgan fingerprint density at radius 3 is 2.56 bits per heavy atom. The van der Waals surface area contributed by atoms with E-state index in [0.717, 1.165) is 18.5 Å². The summed E-state index contributed by atoms with van der Waals surface area (Å²) in [5, 5.41) is 3.11. The summed E-state index contributed by atoms with van der Waals surface area (Å²) in [6.07, 6.45) is 0.957. The average molecular weight is 266 g/mol. The third-order valence-electron chi connectivity index (χ3n) is 2.78. The quantitative estimate of drug-likeness (QED) is 0.889. The zero-order valence-electron chi connectivity index (χ0n) is 10.3. The van der Waals surface area contributed by atoms with E-state index in [1.54, 1.807) is 6.07 Å². The van der Waals surface area contributed by atoms with E-state index in [-0.39, 0.29) is 18.2 Å². The maximum absolute atomic E-state index is 13.6. The fraction of sp³-hybridized carbons (Fsp3) is 0.200. The Morgan fingerprint density at radius 2 is 1.83 bits per heavy atom. The predicted octanol–water partition coefficient (Wildman–Crippen LogP) is 3.68. The minimum atomic E-state index is -0.168. The second-order valence-electron chi connectivity index (χ2n) is 4.03. The van der Waals surface area contributed by atoms with E-state index >= 15 is 0 Å². The molecule has 1 N–H and O–H groups in total. The van der Waals surface area contributed by atoms with E-state index in [1.165, 1.54) is 11.6 Å². The number of nitrogens with one attached hydrogen (secondary N) is 1. The van der Waals surface area contributed by atoms with Crippen molar-refractivity contribution in [3.63, 3.8) is 0 Å². The molecule has 96 valence electrons. The van der Waals surface area contributed by atoms with Crippen LogP contribution in [0.1, 0.15) is 5.56 Å². The summed E-state index contributed by atoms with van der Waals surface area (Å²) in [5.74, 6) is -0.168. The van der Waals surface area contributed by atoms with Crippen molar-refractivity contribution in [1.82, 2.24) is 5.32 Å². The highest BCUT2D eigenvalue weighted by Gasteiger charge is 2.04. The molecule has 0 aliphatic heterocycles. The van der Waals surface area contributed by atoms with Gasteiger partial charge < -0.3 is 5.32 Å². The normalized spacial score (nSPS) is 9.89. The molecule has 0 radical (unpaired) electrons. The number of hydrogen-bond donors (Lipinski definition) is 1. The fourth-order valence-corrected chi connectivity index (χ4v) is 1.86. The van der Waals surface area contributed by atoms with Crippen LogP contribution in [-0.2, 0) is 6.42 Å². The zero-order chi connectivity index (χ0) is 12.1. The maximum atomic E-state index is 13.6. The Balaban J connectivity index is 0.00000162. The van der Waals surface area contributed by atoms with Crippen LogP contribution in [0, 0.1) is 5.82 Å². The minimum Gasteiger partial charge on any atom is -0.319 e. The van der Waals surface area contributed by atoms with Gasteiger partial charge >= 0.3 is 0 Å². The van der Waals surface area contributed by atoms with Crippen molar-refractivity contribution < 1.29 is 4.39 Å². The molecule has 0 amide bonds. The number of rotatable bonds is 4. The van der Waals surface area contributed by atoms with Gasteiger partial charge in [-0.3, -0.25) is 0 Å². The van der Waals surface area contributed by atoms with E-state index in [0.29, 0.717) is 5.56 Å². The summed E-state index contributed by atoms with van der Waals surface area (Å²) in [6, 6.07) is 14.9. The van der Waals surface area contributed by atoms with Crippen molar-refractivity contribution in [2.45, 2.75) is 6.42 Å². The van der Waals surface area contributed by atoms with Crippen molar-refractivity contribution in [2.24, 2.45) is 0 Å². The van der Waals surface area contributed by atoms with Crippen LogP contribution in [0.2, 0.25) is 0 Å². The molecule has 0 bridgehead atoms. The Morgan fingerprint density at radius 1 is 1.06 bits per heavy atom. The molecule has 0 fully saturated rings. The van der Waals surface area contributed by atoms with Gasteiger partial charge in [-0.05, 0) is 37.2 Å². The van der Waals surface area contributed by atoms with E-state index in [4.69, 9.17) is 0 Å². The van der Waals surface area contributed by atoms with Gasteiger partial charge in [0.15, 0.2) is 0 Å². The lowest BCUT2D eigenvalue weighted by Crippen LogP contribution is -2.10. The monoisotopic (exact) mass is 265 g/mol. The van der Waals surface area contributed by atoms with Crippen LogP contribution in [0.15, 0.2) is 48.5 Å². The smallest absolute Gasteiger partial charge is 0.131 e. The molecule has 1 nitrogen and oxygen atoms in total. The first-order valence-electron chi connectivity index (χ1n) is 5.79. The first-order chi connectivity index (χ1) is 8.31. The Kier molecular flexibility index (Phi) is 5.83. The molecule has 0 aliphatic rings. The molecule has 0 atom stereocenters. The molecule has 0 saturated heterocycles. The van der Waals surface area contributed by atoms with Gasteiger partial charge in [0.1, 0.15) is 5.82 Å². The minimum absolute atomic E-state index is 0. The van der Waals surface area contributed by atoms with Gasteiger partial charge in [0, 0.05) is 5.56 Å². The van der Waals surface area contributed by atoms with Crippen LogP contribution in [-0.4, -0.2) is 13.6 Å². The largest absolute Gasteiger partial charge is 0.319 e. The van der Waals surface area contributed by atoms with E-state index in [2.05, 4.69) is 17.4 Å². The van der Waals surface area contributed by atoms with E-state index in [9.17, 15) is 4.39 Å². The standard InChI is InChI=1S/C15H16FN.ClH/c1-17-10-9-12-5-4-6-13(11-12)14-7-2-3-8-15(14)16;/h2-8,11,17H,9-10H2,1H3;1H. The van der Waals surface area contributed by atoms with Crippen LogP contribution in [0.3, 0.4) is 0 Å². The molecule has 0 aliphatic carbocycles. The first kappa shape index (κ1) is 14.7. The van der Waals surface area contributed by atoms with Gasteiger partial charge in [-0.25, -0.2) is 4.39 Å². The molecular formula is C15H17ClFN. The summed E-state index contributed by atoms with van der Waals surface area (Å²) in [6.45, 7) is 0.931. The van der Waals surface area contributed by atoms with Gasteiger partial charge in [-0.15, -0.1) is 12.4 Å². The van der Waals surface area contributed by atoms with Gasteiger partial charge in [0.2, 0.25) is 0 Å². The Labute approximate surface area is 113 Å². The van der Waals surface area contributed by atoms with Crippen LogP contribution in [0.25, 0.3) is 11.1 Å². The van der Waals surface area contributed by atoms with Crippen molar-refractivity contribution in [2.75, 3.05) is 13.6 Å². The number of halogens is 2. The third-order valence-corrected chi connectivity index (χ3v) is 2.78. The number of hydrogen-bond acceptors (Lipinski definition) is 1. The van der Waals surface area contributed by atoms with Crippen LogP contribution in [0.5, 0.6) is 0 Å². The lowest BCUT2D eigenvalue weighted by molar-refractivity contribution is 0.631. The topological polar surface area (TPSA) is 12.0 Å². The van der Waals surface area contributed by atoms with Gasteiger partial charge in [-0.1, -0.05) is 42.5 Å². The second kappa shape index (κ2) is 7.14. The lowest BCUT2D eigenvalue weighted by Gasteiger charge is -2.06. The second-order valence-corrected chi connectivity index (χ2v) is 4.03. The number of benzene rings is 2. The zero-order valence-corrected chi connectivity index (χ0v) is 11.1. The molecule has 2 aromatic rings. The van der Waals surface area contributed by atoms with Gasteiger partial charge in [-0.2, -0.15) is 0 Å². The van der Waals surface area contributed by atoms with E-state index in [1.807, 2.05) is 31.3 Å². The van der Waals surface area contributed by atoms with Crippen LogP contribution < -0.4 is 5.32 Å². The molecule has 2 aromatic carbocycles. The van der Waals surface area contributed by atoms with Crippen molar-refractivity contribution in [1.29, 1.82) is 0 Å².